The van der Waals surface area contributed by atoms with Crippen molar-refractivity contribution in [2.45, 2.75) is 13.8 Å². The number of carboxylic acid groups (broad SMARTS) is 1. The molecule has 0 saturated carbocycles. The molecule has 4 nitrogen and oxygen atoms in total. The molecule has 5 heteroatoms. The molecule has 1 aromatic rings. The minimum atomic E-state index is -0.810. The van der Waals surface area contributed by atoms with Crippen LogP contribution in [0.4, 0.5) is 0 Å². The maximum Gasteiger partial charge on any atom is 0.308 e. The van der Waals surface area contributed by atoms with Gasteiger partial charge in [0.1, 0.15) is 0 Å². The van der Waals surface area contributed by atoms with E-state index in [1.807, 2.05) is 25.3 Å². The summed E-state index contributed by atoms with van der Waals surface area (Å²) >= 11 is 1.42. The van der Waals surface area contributed by atoms with Crippen molar-refractivity contribution in [2.75, 3.05) is 13.1 Å². The van der Waals surface area contributed by atoms with Gasteiger partial charge in [-0.3, -0.25) is 9.59 Å². The number of carboxylic acids is 1. The summed E-state index contributed by atoms with van der Waals surface area (Å²) in [5, 5.41) is 10.9. The lowest BCUT2D eigenvalue weighted by atomic mass is 9.99. The highest BCUT2D eigenvalue weighted by Crippen LogP contribution is 2.26. The van der Waals surface area contributed by atoms with Crippen LogP contribution in [0.1, 0.15) is 22.2 Å². The van der Waals surface area contributed by atoms with Crippen LogP contribution in [0, 0.1) is 18.8 Å². The van der Waals surface area contributed by atoms with Gasteiger partial charge in [-0.25, -0.2) is 0 Å². The Morgan fingerprint density at radius 1 is 1.47 bits per heavy atom. The number of aryl methyl sites for hydroxylation is 1. The van der Waals surface area contributed by atoms with Gasteiger partial charge in [0.2, 0.25) is 0 Å². The van der Waals surface area contributed by atoms with Gasteiger partial charge in [-0.2, -0.15) is 0 Å². The van der Waals surface area contributed by atoms with E-state index in [0.717, 1.165) is 10.4 Å². The van der Waals surface area contributed by atoms with Gasteiger partial charge in [-0.15, -0.1) is 11.3 Å². The molecule has 2 heterocycles. The van der Waals surface area contributed by atoms with Gasteiger partial charge in [-0.1, -0.05) is 6.92 Å². The third kappa shape index (κ3) is 2.20. The van der Waals surface area contributed by atoms with Gasteiger partial charge < -0.3 is 10.0 Å². The Labute approximate surface area is 104 Å². The molecule has 0 aliphatic carbocycles. The topological polar surface area (TPSA) is 57.6 Å². The third-order valence-electron chi connectivity index (χ3n) is 3.27. The third-order valence-corrected chi connectivity index (χ3v) is 4.28. The molecule has 1 aliphatic heterocycles. The molecule has 1 aliphatic rings. The monoisotopic (exact) mass is 253 g/mol. The highest BCUT2D eigenvalue weighted by molar-refractivity contribution is 7.12. The van der Waals surface area contributed by atoms with Gasteiger partial charge in [0.05, 0.1) is 10.8 Å². The van der Waals surface area contributed by atoms with E-state index < -0.39 is 11.9 Å². The lowest BCUT2D eigenvalue weighted by molar-refractivity contribution is -0.142. The molecule has 2 rings (SSSR count). The summed E-state index contributed by atoms with van der Waals surface area (Å²) in [6, 6.07) is 1.91. The molecule has 0 spiro atoms. The maximum atomic E-state index is 12.2. The zero-order valence-electron chi connectivity index (χ0n) is 9.84. The Hall–Kier alpha value is -1.36. The van der Waals surface area contributed by atoms with Gasteiger partial charge in [0, 0.05) is 13.1 Å². The largest absolute Gasteiger partial charge is 0.481 e. The van der Waals surface area contributed by atoms with Crippen molar-refractivity contribution in [1.82, 2.24) is 4.90 Å². The number of aliphatic carboxylic acids is 1. The molecule has 92 valence electrons. The first-order valence-corrected chi connectivity index (χ1v) is 6.45. The molecule has 0 radical (unpaired) electrons. The number of hydrogen-bond donors (Lipinski definition) is 1. The van der Waals surface area contributed by atoms with Crippen LogP contribution in [0.25, 0.3) is 0 Å². The minimum Gasteiger partial charge on any atom is -0.481 e. The Kier molecular flexibility index (Phi) is 3.19. The molecule has 17 heavy (non-hydrogen) atoms. The van der Waals surface area contributed by atoms with Crippen molar-refractivity contribution in [3.63, 3.8) is 0 Å². The van der Waals surface area contributed by atoms with Crippen molar-refractivity contribution in [3.05, 3.63) is 21.9 Å². The Balaban J connectivity index is 2.13. The number of carbonyl (C=O) groups excluding carboxylic acids is 1. The zero-order valence-corrected chi connectivity index (χ0v) is 10.7. The van der Waals surface area contributed by atoms with Gasteiger partial charge in [0.25, 0.3) is 5.91 Å². The quantitative estimate of drug-likeness (QED) is 0.875. The predicted molar refractivity (Wildman–Crippen MR) is 65.2 cm³/mol. The van der Waals surface area contributed by atoms with Crippen LogP contribution in [-0.2, 0) is 4.79 Å². The Morgan fingerprint density at radius 2 is 2.18 bits per heavy atom. The lowest BCUT2D eigenvalue weighted by Crippen LogP contribution is -2.29. The second-order valence-electron chi connectivity index (χ2n) is 4.56. The summed E-state index contributed by atoms with van der Waals surface area (Å²) in [6.45, 7) is 4.64. The predicted octanol–water partition coefficient (Wildman–Crippen LogP) is 1.85. The Bertz CT molecular complexity index is 454. The van der Waals surface area contributed by atoms with E-state index in [1.54, 1.807) is 4.90 Å². The van der Waals surface area contributed by atoms with E-state index in [4.69, 9.17) is 5.11 Å². The second-order valence-corrected chi connectivity index (χ2v) is 5.48. The van der Waals surface area contributed by atoms with Crippen molar-refractivity contribution in [1.29, 1.82) is 0 Å². The molecule has 1 amide bonds. The molecule has 1 saturated heterocycles. The summed E-state index contributed by atoms with van der Waals surface area (Å²) in [5.41, 5.74) is 0.964. The number of carbonyl (C=O) groups is 2. The van der Waals surface area contributed by atoms with Crippen LogP contribution >= 0.6 is 11.3 Å². The molecule has 0 bridgehead atoms. The lowest BCUT2D eigenvalue weighted by Gasteiger charge is -2.15. The fraction of sp³-hybridized carbons (Fsp3) is 0.500. The molecular weight excluding hydrogens is 238 g/mol. The van der Waals surface area contributed by atoms with Crippen molar-refractivity contribution < 1.29 is 14.7 Å². The number of amides is 1. The number of likely N-dealkylation sites (tertiary alicyclic amines) is 1. The van der Waals surface area contributed by atoms with Crippen LogP contribution < -0.4 is 0 Å². The summed E-state index contributed by atoms with van der Waals surface area (Å²) in [7, 11) is 0. The number of nitrogens with zero attached hydrogens (tertiary/aromatic N) is 1. The van der Waals surface area contributed by atoms with Gasteiger partial charge in [-0.05, 0) is 29.9 Å². The van der Waals surface area contributed by atoms with E-state index in [1.165, 1.54) is 11.3 Å². The first-order valence-electron chi connectivity index (χ1n) is 5.57. The average Bonchev–Trinajstić information content (AvgIpc) is 2.83. The van der Waals surface area contributed by atoms with Crippen LogP contribution in [0.2, 0.25) is 0 Å². The summed E-state index contributed by atoms with van der Waals surface area (Å²) in [4.78, 5) is 25.6. The minimum absolute atomic E-state index is 0.0247. The summed E-state index contributed by atoms with van der Waals surface area (Å²) in [6.07, 6.45) is 0. The Morgan fingerprint density at radius 3 is 2.65 bits per heavy atom. The molecule has 2 atom stereocenters. The average molecular weight is 253 g/mol. The maximum absolute atomic E-state index is 12.2. The normalized spacial score (nSPS) is 24.0. The number of hydrogen-bond acceptors (Lipinski definition) is 3. The first-order chi connectivity index (χ1) is 8.00. The fourth-order valence-corrected chi connectivity index (χ4v) is 3.08. The molecule has 0 aromatic carbocycles. The van der Waals surface area contributed by atoms with Crippen molar-refractivity contribution in [2.24, 2.45) is 11.8 Å². The van der Waals surface area contributed by atoms with E-state index in [2.05, 4.69) is 0 Å². The summed E-state index contributed by atoms with van der Waals surface area (Å²) in [5.74, 6) is -1.25. The second kappa shape index (κ2) is 4.49. The zero-order chi connectivity index (χ0) is 12.6. The molecule has 0 unspecified atom stereocenters. The molecular formula is C12H15NO3S. The first kappa shape index (κ1) is 12.1. The van der Waals surface area contributed by atoms with Gasteiger partial charge in [0.15, 0.2) is 0 Å². The highest BCUT2D eigenvalue weighted by atomic mass is 32.1. The van der Waals surface area contributed by atoms with E-state index >= 15 is 0 Å². The fourth-order valence-electron chi connectivity index (χ4n) is 2.19. The molecule has 1 fully saturated rings. The van der Waals surface area contributed by atoms with Crippen LogP contribution in [0.3, 0.4) is 0 Å². The smallest absolute Gasteiger partial charge is 0.308 e. The van der Waals surface area contributed by atoms with Crippen LogP contribution in [-0.4, -0.2) is 35.0 Å². The van der Waals surface area contributed by atoms with Gasteiger partial charge >= 0.3 is 5.97 Å². The summed E-state index contributed by atoms with van der Waals surface area (Å²) < 4.78 is 0. The standard InChI is InChI=1S/C12H15NO3S/c1-7-3-4-17-10(7)11(14)13-5-8(2)9(6-13)12(15)16/h3-4,8-9H,5-6H2,1-2H3,(H,15,16)/t8-,9-/m1/s1. The number of rotatable bonds is 2. The van der Waals surface area contributed by atoms with Crippen LogP contribution in [0.15, 0.2) is 11.4 Å². The van der Waals surface area contributed by atoms with Crippen molar-refractivity contribution in [3.8, 4) is 0 Å². The highest BCUT2D eigenvalue weighted by Gasteiger charge is 2.37. The SMILES string of the molecule is Cc1ccsc1C(=O)N1C[C@@H](C)[C@H](C(=O)O)C1. The van der Waals surface area contributed by atoms with E-state index in [0.29, 0.717) is 13.1 Å². The van der Waals surface area contributed by atoms with E-state index in [9.17, 15) is 9.59 Å². The van der Waals surface area contributed by atoms with Crippen LogP contribution in [0.5, 0.6) is 0 Å². The molecule has 1 aromatic heterocycles. The number of thiophene rings is 1. The van der Waals surface area contributed by atoms with Crippen molar-refractivity contribution >= 4 is 23.2 Å². The van der Waals surface area contributed by atoms with E-state index in [-0.39, 0.29) is 11.8 Å². The molecule has 1 N–H and O–H groups in total.